The van der Waals surface area contributed by atoms with Gasteiger partial charge in [-0.25, -0.2) is 9.78 Å². The smallest absolute Gasteiger partial charge is 0.321 e. The average Bonchev–Trinajstić information content (AvgIpc) is 2.61. The van der Waals surface area contributed by atoms with Gasteiger partial charge in [0, 0.05) is 48.0 Å². The predicted molar refractivity (Wildman–Crippen MR) is 100 cm³/mol. The number of rotatable bonds is 3. The summed E-state index contributed by atoms with van der Waals surface area (Å²) in [7, 11) is 0. The number of amides is 2. The summed E-state index contributed by atoms with van der Waals surface area (Å²) in [6.45, 7) is 2.15. The molecule has 3 rings (SSSR count). The van der Waals surface area contributed by atoms with Crippen LogP contribution >= 0.6 is 23.2 Å². The molecule has 1 saturated heterocycles. The van der Waals surface area contributed by atoms with Gasteiger partial charge in [0.15, 0.2) is 0 Å². The number of urea groups is 1. The minimum atomic E-state index is -0.485. The first-order chi connectivity index (χ1) is 12.4. The maximum Gasteiger partial charge on any atom is 0.321 e. The average molecular weight is 396 g/mol. The molecule has 0 atom stereocenters. The maximum absolute atomic E-state index is 12.4. The molecule has 1 aliphatic heterocycles. The van der Waals surface area contributed by atoms with Gasteiger partial charge in [-0.2, -0.15) is 0 Å². The normalized spacial score (nSPS) is 14.2. The van der Waals surface area contributed by atoms with Gasteiger partial charge < -0.3 is 15.1 Å². The summed E-state index contributed by atoms with van der Waals surface area (Å²) >= 11 is 11.9. The van der Waals surface area contributed by atoms with Crippen molar-refractivity contribution in [1.82, 2.24) is 9.88 Å². The quantitative estimate of drug-likeness (QED) is 0.632. The first kappa shape index (κ1) is 18.2. The van der Waals surface area contributed by atoms with E-state index in [1.165, 1.54) is 12.3 Å². The first-order valence-electron chi connectivity index (χ1n) is 7.80. The minimum Gasteiger partial charge on any atom is -0.353 e. The van der Waals surface area contributed by atoms with Crippen molar-refractivity contribution in [3.8, 4) is 0 Å². The number of halogens is 2. The third-order valence-electron chi connectivity index (χ3n) is 3.95. The lowest BCUT2D eigenvalue weighted by molar-refractivity contribution is -0.385. The number of hydrogen-bond donors (Lipinski definition) is 1. The molecule has 0 aliphatic carbocycles. The van der Waals surface area contributed by atoms with E-state index in [4.69, 9.17) is 23.2 Å². The van der Waals surface area contributed by atoms with Crippen LogP contribution in [0, 0.1) is 10.1 Å². The Balaban J connectivity index is 1.57. The lowest BCUT2D eigenvalue weighted by Gasteiger charge is -2.35. The maximum atomic E-state index is 12.4. The first-order valence-corrected chi connectivity index (χ1v) is 8.55. The molecule has 1 fully saturated rings. The van der Waals surface area contributed by atoms with Crippen LogP contribution in [0.25, 0.3) is 0 Å². The van der Waals surface area contributed by atoms with Crippen molar-refractivity contribution in [3.63, 3.8) is 0 Å². The molecule has 0 radical (unpaired) electrons. The van der Waals surface area contributed by atoms with Crippen LogP contribution in [0.2, 0.25) is 10.0 Å². The van der Waals surface area contributed by atoms with E-state index in [0.717, 1.165) is 0 Å². The van der Waals surface area contributed by atoms with Gasteiger partial charge >= 0.3 is 6.03 Å². The molecule has 0 saturated carbocycles. The van der Waals surface area contributed by atoms with Crippen LogP contribution in [0.4, 0.5) is 22.0 Å². The van der Waals surface area contributed by atoms with Crippen LogP contribution in [0.3, 0.4) is 0 Å². The van der Waals surface area contributed by atoms with E-state index in [1.807, 2.05) is 4.90 Å². The molecule has 0 spiro atoms. The van der Waals surface area contributed by atoms with Gasteiger partial charge in [0.2, 0.25) is 0 Å². The molecular weight excluding hydrogens is 381 g/mol. The second-order valence-corrected chi connectivity index (χ2v) is 6.57. The molecular formula is C16H15Cl2N5O3. The predicted octanol–water partition coefficient (Wildman–Crippen LogP) is 3.65. The van der Waals surface area contributed by atoms with Crippen LogP contribution in [0.1, 0.15) is 0 Å². The van der Waals surface area contributed by atoms with E-state index in [-0.39, 0.29) is 11.7 Å². The number of nitrogens with zero attached hydrogens (tertiary/aromatic N) is 4. The fourth-order valence-electron chi connectivity index (χ4n) is 2.64. The summed E-state index contributed by atoms with van der Waals surface area (Å²) in [5.41, 5.74) is 0.485. The molecule has 1 aromatic carbocycles. The number of hydrogen-bond acceptors (Lipinski definition) is 5. The molecule has 1 aliphatic rings. The SMILES string of the molecule is O=C(Nc1cc(Cl)cc(Cl)c1)N1CCN(c2ccc([N+](=O)[O-])cn2)CC1. The van der Waals surface area contributed by atoms with Crippen molar-refractivity contribution in [1.29, 1.82) is 0 Å². The zero-order valence-corrected chi connectivity index (χ0v) is 15.1. The summed E-state index contributed by atoms with van der Waals surface area (Å²) in [5.74, 6) is 0.650. The monoisotopic (exact) mass is 395 g/mol. The number of carbonyl (C=O) groups is 1. The van der Waals surface area contributed by atoms with E-state index in [9.17, 15) is 14.9 Å². The number of benzene rings is 1. The number of nitro groups is 1. The van der Waals surface area contributed by atoms with Crippen LogP contribution in [0.15, 0.2) is 36.5 Å². The molecule has 2 aromatic rings. The number of carbonyl (C=O) groups excluding carboxylic acids is 1. The Labute approximate surface area is 159 Å². The highest BCUT2D eigenvalue weighted by atomic mass is 35.5. The lowest BCUT2D eigenvalue weighted by atomic mass is 10.3. The molecule has 0 unspecified atom stereocenters. The molecule has 2 heterocycles. The van der Waals surface area contributed by atoms with Crippen molar-refractivity contribution < 1.29 is 9.72 Å². The molecule has 0 bridgehead atoms. The van der Waals surface area contributed by atoms with Crippen molar-refractivity contribution in [2.75, 3.05) is 36.4 Å². The minimum absolute atomic E-state index is 0.0491. The second kappa shape index (κ2) is 7.76. The zero-order valence-electron chi connectivity index (χ0n) is 13.6. The van der Waals surface area contributed by atoms with Crippen molar-refractivity contribution >= 4 is 46.4 Å². The molecule has 2 amide bonds. The number of anilines is 2. The van der Waals surface area contributed by atoms with Gasteiger partial charge in [-0.3, -0.25) is 10.1 Å². The highest BCUT2D eigenvalue weighted by molar-refractivity contribution is 6.35. The Bertz CT molecular complexity index is 803. The van der Waals surface area contributed by atoms with E-state index in [2.05, 4.69) is 10.3 Å². The fraction of sp³-hybridized carbons (Fsp3) is 0.250. The Morgan fingerprint density at radius 2 is 1.77 bits per heavy atom. The Morgan fingerprint density at radius 1 is 1.12 bits per heavy atom. The summed E-state index contributed by atoms with van der Waals surface area (Å²) in [6, 6.07) is 7.64. The summed E-state index contributed by atoms with van der Waals surface area (Å²) in [5, 5.41) is 14.4. The van der Waals surface area contributed by atoms with E-state index in [1.54, 1.807) is 29.2 Å². The van der Waals surface area contributed by atoms with Crippen molar-refractivity contribution in [2.45, 2.75) is 0 Å². The van der Waals surface area contributed by atoms with Gasteiger partial charge in [0.25, 0.3) is 5.69 Å². The second-order valence-electron chi connectivity index (χ2n) is 5.69. The highest BCUT2D eigenvalue weighted by Gasteiger charge is 2.22. The van der Waals surface area contributed by atoms with Crippen LogP contribution in [-0.2, 0) is 0 Å². The van der Waals surface area contributed by atoms with Crippen molar-refractivity contribution in [3.05, 3.63) is 56.7 Å². The fourth-order valence-corrected chi connectivity index (χ4v) is 3.17. The zero-order chi connectivity index (χ0) is 18.7. The number of piperazine rings is 1. The van der Waals surface area contributed by atoms with Gasteiger partial charge in [0.05, 0.1) is 4.92 Å². The van der Waals surface area contributed by atoms with Gasteiger partial charge in [-0.1, -0.05) is 23.2 Å². The number of pyridine rings is 1. The van der Waals surface area contributed by atoms with E-state index < -0.39 is 4.92 Å². The van der Waals surface area contributed by atoms with Crippen LogP contribution in [0.5, 0.6) is 0 Å². The standard InChI is InChI=1S/C16H15Cl2N5O3/c17-11-7-12(18)9-13(8-11)20-16(24)22-5-3-21(4-6-22)15-2-1-14(10-19-15)23(25)26/h1-2,7-10H,3-6H2,(H,20,24). The molecule has 8 nitrogen and oxygen atoms in total. The Hall–Kier alpha value is -2.58. The molecule has 26 heavy (non-hydrogen) atoms. The Morgan fingerprint density at radius 3 is 2.31 bits per heavy atom. The van der Waals surface area contributed by atoms with Gasteiger partial charge in [-0.15, -0.1) is 0 Å². The van der Waals surface area contributed by atoms with Crippen LogP contribution < -0.4 is 10.2 Å². The highest BCUT2D eigenvalue weighted by Crippen LogP contribution is 2.23. The van der Waals surface area contributed by atoms with Gasteiger partial charge in [0.1, 0.15) is 12.0 Å². The lowest BCUT2D eigenvalue weighted by Crippen LogP contribution is -2.50. The Kier molecular flexibility index (Phi) is 5.43. The number of aromatic nitrogens is 1. The summed E-state index contributed by atoms with van der Waals surface area (Å²) < 4.78 is 0. The van der Waals surface area contributed by atoms with E-state index >= 15 is 0 Å². The molecule has 1 aromatic heterocycles. The van der Waals surface area contributed by atoms with E-state index in [0.29, 0.717) is 47.7 Å². The van der Waals surface area contributed by atoms with Gasteiger partial charge in [-0.05, 0) is 24.3 Å². The molecule has 10 heteroatoms. The van der Waals surface area contributed by atoms with Crippen LogP contribution in [-0.4, -0.2) is 47.0 Å². The van der Waals surface area contributed by atoms with Crippen molar-refractivity contribution in [2.24, 2.45) is 0 Å². The summed E-state index contributed by atoms with van der Waals surface area (Å²) in [4.78, 5) is 30.3. The topological polar surface area (TPSA) is 91.6 Å². The summed E-state index contributed by atoms with van der Waals surface area (Å²) in [6.07, 6.45) is 1.23. The number of nitrogens with one attached hydrogen (secondary N) is 1. The molecule has 136 valence electrons. The molecule has 1 N–H and O–H groups in total. The third kappa shape index (κ3) is 4.33. The largest absolute Gasteiger partial charge is 0.353 e. The third-order valence-corrected chi connectivity index (χ3v) is 4.38.